The first kappa shape index (κ1) is 11.6. The fourth-order valence-corrected chi connectivity index (χ4v) is 3.38. The molecular weight excluding hydrogens is 254 g/mol. The van der Waals surface area contributed by atoms with Crippen LogP contribution in [0, 0.1) is 0 Å². The maximum absolute atomic E-state index is 6.04. The van der Waals surface area contributed by atoms with Crippen molar-refractivity contribution in [3.05, 3.63) is 17.0 Å². The molecule has 0 atom stereocenters. The van der Waals surface area contributed by atoms with Gasteiger partial charge in [0.1, 0.15) is 16.8 Å². The van der Waals surface area contributed by atoms with Crippen molar-refractivity contribution in [1.82, 2.24) is 9.97 Å². The van der Waals surface area contributed by atoms with Crippen LogP contribution in [-0.2, 0) is 0 Å². The lowest BCUT2D eigenvalue weighted by atomic mass is 10.1. The van der Waals surface area contributed by atoms with Gasteiger partial charge in [-0.1, -0.05) is 11.6 Å². The molecule has 17 heavy (non-hydrogen) atoms. The number of nitrogens with one attached hydrogen (secondary N) is 1. The quantitative estimate of drug-likeness (QED) is 0.855. The molecule has 5 heteroatoms. The molecule has 0 amide bonds. The molecule has 1 aliphatic carbocycles. The molecule has 1 aromatic rings. The minimum atomic E-state index is 0.550. The molecule has 2 fully saturated rings. The minimum Gasteiger partial charge on any atom is -0.367 e. The van der Waals surface area contributed by atoms with Gasteiger partial charge >= 0.3 is 0 Å². The molecule has 0 spiro atoms. The van der Waals surface area contributed by atoms with E-state index in [1.165, 1.54) is 37.2 Å². The number of thioether (sulfide) groups is 1. The van der Waals surface area contributed by atoms with Crippen LogP contribution in [0.5, 0.6) is 0 Å². The Morgan fingerprint density at radius 2 is 1.94 bits per heavy atom. The van der Waals surface area contributed by atoms with E-state index in [0.29, 0.717) is 17.1 Å². The van der Waals surface area contributed by atoms with Gasteiger partial charge in [-0.05, 0) is 37.2 Å². The molecule has 92 valence electrons. The normalized spacial score (nSPS) is 21.5. The molecule has 0 unspecified atom stereocenters. The zero-order chi connectivity index (χ0) is 11.7. The highest BCUT2D eigenvalue weighted by Gasteiger charge is 2.27. The third-order valence-electron chi connectivity index (χ3n) is 3.23. The largest absolute Gasteiger partial charge is 0.367 e. The van der Waals surface area contributed by atoms with Gasteiger partial charge in [0, 0.05) is 18.0 Å². The van der Waals surface area contributed by atoms with Crippen LogP contribution in [0.15, 0.2) is 6.07 Å². The van der Waals surface area contributed by atoms with Gasteiger partial charge in [0.25, 0.3) is 0 Å². The van der Waals surface area contributed by atoms with E-state index >= 15 is 0 Å². The van der Waals surface area contributed by atoms with Gasteiger partial charge in [0.15, 0.2) is 0 Å². The van der Waals surface area contributed by atoms with E-state index in [0.717, 1.165) is 11.6 Å². The summed E-state index contributed by atoms with van der Waals surface area (Å²) < 4.78 is 0. The smallest absolute Gasteiger partial charge is 0.135 e. The van der Waals surface area contributed by atoms with Gasteiger partial charge in [-0.2, -0.15) is 11.8 Å². The van der Waals surface area contributed by atoms with Crippen molar-refractivity contribution >= 4 is 29.2 Å². The fraction of sp³-hybridized carbons (Fsp3) is 0.667. The topological polar surface area (TPSA) is 37.8 Å². The molecule has 2 aliphatic rings. The maximum atomic E-state index is 6.04. The number of nitrogens with zero attached hydrogens (tertiary/aromatic N) is 2. The Morgan fingerprint density at radius 1 is 1.18 bits per heavy atom. The Kier molecular flexibility index (Phi) is 3.43. The van der Waals surface area contributed by atoms with Crippen molar-refractivity contribution in [2.24, 2.45) is 0 Å². The van der Waals surface area contributed by atoms with Crippen LogP contribution < -0.4 is 5.32 Å². The second-order valence-corrected chi connectivity index (χ2v) is 6.35. The van der Waals surface area contributed by atoms with Crippen molar-refractivity contribution in [1.29, 1.82) is 0 Å². The molecule has 1 saturated carbocycles. The van der Waals surface area contributed by atoms with Gasteiger partial charge in [-0.25, -0.2) is 9.97 Å². The average molecular weight is 270 g/mol. The van der Waals surface area contributed by atoms with E-state index in [2.05, 4.69) is 15.3 Å². The van der Waals surface area contributed by atoms with Gasteiger partial charge in [0.2, 0.25) is 0 Å². The molecule has 1 N–H and O–H groups in total. The van der Waals surface area contributed by atoms with Crippen molar-refractivity contribution < 1.29 is 0 Å². The number of halogens is 1. The number of aromatic nitrogens is 2. The van der Waals surface area contributed by atoms with Crippen LogP contribution in [0.2, 0.25) is 5.15 Å². The highest BCUT2D eigenvalue weighted by molar-refractivity contribution is 7.99. The van der Waals surface area contributed by atoms with Crippen molar-refractivity contribution in [3.8, 4) is 0 Å². The first-order valence-corrected chi connectivity index (χ1v) is 7.73. The molecule has 1 saturated heterocycles. The monoisotopic (exact) mass is 269 g/mol. The first-order chi connectivity index (χ1) is 8.31. The number of hydrogen-bond donors (Lipinski definition) is 1. The Morgan fingerprint density at radius 3 is 2.65 bits per heavy atom. The summed E-state index contributed by atoms with van der Waals surface area (Å²) in [5, 5.41) is 4.06. The molecule has 0 bridgehead atoms. The number of rotatable bonds is 3. The van der Waals surface area contributed by atoms with Gasteiger partial charge in [-0.3, -0.25) is 0 Å². The fourth-order valence-electron chi connectivity index (χ4n) is 2.08. The Bertz CT molecular complexity index is 403. The number of hydrogen-bond acceptors (Lipinski definition) is 4. The SMILES string of the molecule is Clc1cc(NC2CCSCC2)nc(C2CC2)n1. The summed E-state index contributed by atoms with van der Waals surface area (Å²) in [6.07, 6.45) is 4.84. The lowest BCUT2D eigenvalue weighted by molar-refractivity contribution is 0.662. The summed E-state index contributed by atoms with van der Waals surface area (Å²) >= 11 is 8.08. The predicted molar refractivity (Wildman–Crippen MR) is 73.0 cm³/mol. The molecule has 0 radical (unpaired) electrons. The lowest BCUT2D eigenvalue weighted by Gasteiger charge is -2.23. The second kappa shape index (κ2) is 5.02. The minimum absolute atomic E-state index is 0.550. The van der Waals surface area contributed by atoms with Crippen LogP contribution in [0.1, 0.15) is 37.4 Å². The maximum Gasteiger partial charge on any atom is 0.135 e. The van der Waals surface area contributed by atoms with E-state index in [1.54, 1.807) is 0 Å². The summed E-state index contributed by atoms with van der Waals surface area (Å²) in [4.78, 5) is 8.88. The molecule has 1 aliphatic heterocycles. The Labute approximate surface area is 111 Å². The van der Waals surface area contributed by atoms with Crippen molar-refractivity contribution in [2.75, 3.05) is 16.8 Å². The summed E-state index contributed by atoms with van der Waals surface area (Å²) in [7, 11) is 0. The third-order valence-corrected chi connectivity index (χ3v) is 4.47. The Balaban J connectivity index is 1.72. The molecule has 3 nitrogen and oxygen atoms in total. The molecule has 2 heterocycles. The highest BCUT2D eigenvalue weighted by Crippen LogP contribution is 2.38. The Hall–Kier alpha value is -0.480. The zero-order valence-corrected chi connectivity index (χ0v) is 11.2. The van der Waals surface area contributed by atoms with Gasteiger partial charge in [0.05, 0.1) is 0 Å². The van der Waals surface area contributed by atoms with Gasteiger partial charge < -0.3 is 5.32 Å². The summed E-state index contributed by atoms with van der Waals surface area (Å²) in [6, 6.07) is 2.39. The van der Waals surface area contributed by atoms with Crippen LogP contribution in [0.4, 0.5) is 5.82 Å². The molecule has 3 rings (SSSR count). The highest BCUT2D eigenvalue weighted by atomic mass is 35.5. The van der Waals surface area contributed by atoms with Crippen LogP contribution >= 0.6 is 23.4 Å². The van der Waals surface area contributed by atoms with E-state index in [-0.39, 0.29) is 0 Å². The van der Waals surface area contributed by atoms with E-state index in [1.807, 2.05) is 17.8 Å². The summed E-state index contributed by atoms with van der Waals surface area (Å²) in [5.74, 6) is 4.86. The van der Waals surface area contributed by atoms with Crippen molar-refractivity contribution in [2.45, 2.75) is 37.6 Å². The summed E-state index contributed by atoms with van der Waals surface area (Å²) in [6.45, 7) is 0. The predicted octanol–water partition coefficient (Wildman–Crippen LogP) is 3.31. The lowest BCUT2D eigenvalue weighted by Crippen LogP contribution is -2.25. The molecule has 0 aromatic carbocycles. The van der Waals surface area contributed by atoms with Crippen LogP contribution in [0.3, 0.4) is 0 Å². The standard InChI is InChI=1S/C12H16ClN3S/c13-10-7-11(14-9-3-5-17-6-4-9)16-12(15-10)8-1-2-8/h7-9H,1-6H2,(H,14,15,16). The van der Waals surface area contributed by atoms with Crippen LogP contribution in [-0.4, -0.2) is 27.5 Å². The molecule has 1 aromatic heterocycles. The average Bonchev–Trinajstić information content (AvgIpc) is 3.13. The summed E-state index contributed by atoms with van der Waals surface area (Å²) in [5.41, 5.74) is 0. The number of anilines is 1. The zero-order valence-electron chi connectivity index (χ0n) is 9.66. The van der Waals surface area contributed by atoms with E-state index in [4.69, 9.17) is 11.6 Å². The van der Waals surface area contributed by atoms with Crippen molar-refractivity contribution in [3.63, 3.8) is 0 Å². The second-order valence-electron chi connectivity index (χ2n) is 4.74. The van der Waals surface area contributed by atoms with Gasteiger partial charge in [-0.15, -0.1) is 0 Å². The first-order valence-electron chi connectivity index (χ1n) is 6.20. The van der Waals surface area contributed by atoms with Crippen LogP contribution in [0.25, 0.3) is 0 Å². The van der Waals surface area contributed by atoms with E-state index < -0.39 is 0 Å². The molecular formula is C12H16ClN3S. The van der Waals surface area contributed by atoms with E-state index in [9.17, 15) is 0 Å². The third kappa shape index (κ3) is 3.05.